The number of hydrogen-bond donors (Lipinski definition) is 5. The van der Waals surface area contributed by atoms with Crippen molar-refractivity contribution in [3.8, 4) is 22.5 Å². The summed E-state index contributed by atoms with van der Waals surface area (Å²) in [5, 5.41) is 5.40. The highest BCUT2D eigenvalue weighted by atomic mass is 32.2. The molecule has 17 nitrogen and oxygen atoms in total. The number of nitrogen functional groups attached to an aromatic ring is 2. The second kappa shape index (κ2) is 17.3. The van der Waals surface area contributed by atoms with E-state index in [1.54, 1.807) is 6.92 Å². The quantitative estimate of drug-likeness (QED) is 0.0983. The lowest BCUT2D eigenvalue weighted by Crippen LogP contribution is -2.59. The molecule has 324 valence electrons. The Morgan fingerprint density at radius 2 is 1.17 bits per heavy atom. The summed E-state index contributed by atoms with van der Waals surface area (Å²) in [4.78, 5) is 43.6. The van der Waals surface area contributed by atoms with Crippen molar-refractivity contribution in [3.05, 3.63) is 132 Å². The molecule has 2 saturated heterocycles. The number of rotatable bonds is 14. The Labute approximate surface area is 363 Å². The number of amides is 2. The molecule has 0 aliphatic carbocycles. The standard InChI is InChI=1S/C44H43N9O8S2/c1-26-3-7-28(8-4-26)36-21-47-40(45)38(51-36)42(54)49-30-11-15-34(16-12-30)62(56,57)23-33-20-32(61-33)19-27-5-9-29(10-6-27)37-22-48-41(46)39(52-37)43(55)50-31-13-17-35(18-14-31)63(58,59)53-44(2)24-60-25-44/h3-18,21-22,32-33,53H,19-20,23-25H2,1-2H3,(H2,45,47)(H2,46,48)(H,49,54)(H,50,55). The number of carbonyl (C=O) groups excluding carboxylic acids is 2. The van der Waals surface area contributed by atoms with Crippen LogP contribution in [0.25, 0.3) is 22.5 Å². The van der Waals surface area contributed by atoms with Gasteiger partial charge in [-0.15, -0.1) is 0 Å². The van der Waals surface area contributed by atoms with Crippen molar-refractivity contribution in [1.82, 2.24) is 24.7 Å². The summed E-state index contributed by atoms with van der Waals surface area (Å²) in [7, 11) is -7.49. The highest BCUT2D eigenvalue weighted by molar-refractivity contribution is 7.91. The average molecular weight is 890 g/mol. The van der Waals surface area contributed by atoms with Gasteiger partial charge < -0.3 is 31.6 Å². The first-order valence-corrected chi connectivity index (χ1v) is 22.9. The molecule has 8 rings (SSSR count). The van der Waals surface area contributed by atoms with Crippen molar-refractivity contribution in [1.29, 1.82) is 0 Å². The third-order valence-electron chi connectivity index (χ3n) is 10.5. The molecular weight excluding hydrogens is 847 g/mol. The maximum atomic E-state index is 13.3. The number of nitrogens with two attached hydrogens (primary N) is 2. The van der Waals surface area contributed by atoms with Gasteiger partial charge in [0.25, 0.3) is 11.8 Å². The number of aryl methyl sites for hydroxylation is 1. The Morgan fingerprint density at radius 1 is 0.698 bits per heavy atom. The van der Waals surface area contributed by atoms with E-state index in [4.69, 9.17) is 20.9 Å². The van der Waals surface area contributed by atoms with Crippen molar-refractivity contribution in [2.75, 3.05) is 41.1 Å². The van der Waals surface area contributed by atoms with E-state index in [0.29, 0.717) is 41.2 Å². The van der Waals surface area contributed by atoms with Gasteiger partial charge in [-0.25, -0.2) is 41.5 Å². The van der Waals surface area contributed by atoms with Gasteiger partial charge in [-0.05, 0) is 74.4 Å². The zero-order chi connectivity index (χ0) is 44.5. The average Bonchev–Trinajstić information content (AvgIpc) is 3.23. The monoisotopic (exact) mass is 889 g/mol. The zero-order valence-corrected chi connectivity index (χ0v) is 35.7. The Hall–Kier alpha value is -6.64. The number of aromatic nitrogens is 4. The predicted molar refractivity (Wildman–Crippen MR) is 236 cm³/mol. The van der Waals surface area contributed by atoms with Crippen molar-refractivity contribution in [3.63, 3.8) is 0 Å². The molecule has 6 aromatic rings. The lowest BCUT2D eigenvalue weighted by Gasteiger charge is -2.38. The van der Waals surface area contributed by atoms with Crippen LogP contribution in [0.5, 0.6) is 0 Å². The van der Waals surface area contributed by atoms with Crippen LogP contribution in [-0.2, 0) is 35.8 Å². The minimum Gasteiger partial charge on any atom is -0.382 e. The van der Waals surface area contributed by atoms with Gasteiger partial charge in [-0.1, -0.05) is 54.1 Å². The number of hydrogen-bond acceptors (Lipinski definition) is 14. The minimum absolute atomic E-state index is 0.0350. The molecule has 2 unspecified atom stereocenters. The molecule has 2 aliphatic rings. The van der Waals surface area contributed by atoms with Gasteiger partial charge >= 0.3 is 0 Å². The maximum Gasteiger partial charge on any atom is 0.278 e. The number of sulfonamides is 1. The van der Waals surface area contributed by atoms with Gasteiger partial charge in [0.15, 0.2) is 32.9 Å². The molecule has 19 heteroatoms. The second-order valence-electron chi connectivity index (χ2n) is 15.8. The maximum absolute atomic E-state index is 13.3. The van der Waals surface area contributed by atoms with E-state index in [1.807, 2.05) is 55.5 Å². The molecule has 2 amide bonds. The van der Waals surface area contributed by atoms with Crippen LogP contribution in [0.3, 0.4) is 0 Å². The van der Waals surface area contributed by atoms with Gasteiger partial charge in [-0.2, -0.15) is 0 Å². The zero-order valence-electron chi connectivity index (χ0n) is 34.1. The molecule has 4 aromatic carbocycles. The lowest BCUT2D eigenvalue weighted by atomic mass is 9.97. The Balaban J connectivity index is 0.816. The SMILES string of the molecule is Cc1ccc(-c2cnc(N)c(C(=O)Nc3ccc(S(=O)(=O)CC4CC(Cc5ccc(-c6cnc(N)c(C(=O)Nc7ccc(S(=O)(=O)NC8(C)COC8)cc7)n6)cc5)O4)cc3)n2)cc1. The van der Waals surface area contributed by atoms with Crippen LogP contribution >= 0.6 is 0 Å². The molecular formula is C44H43N9O8S2. The van der Waals surface area contributed by atoms with Crippen LogP contribution in [0.2, 0.25) is 0 Å². The summed E-state index contributed by atoms with van der Waals surface area (Å²) in [5.74, 6) is -1.51. The summed E-state index contributed by atoms with van der Waals surface area (Å²) in [6.45, 7) is 4.29. The first-order valence-electron chi connectivity index (χ1n) is 19.8. The largest absolute Gasteiger partial charge is 0.382 e. The van der Waals surface area contributed by atoms with Crippen LogP contribution in [0.15, 0.2) is 119 Å². The third-order valence-corrected chi connectivity index (χ3v) is 14.0. The Bertz CT molecular complexity index is 2910. The van der Waals surface area contributed by atoms with Crippen LogP contribution in [-0.4, -0.2) is 85.3 Å². The smallest absolute Gasteiger partial charge is 0.278 e. The van der Waals surface area contributed by atoms with E-state index in [9.17, 15) is 26.4 Å². The summed E-state index contributed by atoms with van der Waals surface area (Å²) >= 11 is 0. The van der Waals surface area contributed by atoms with Crippen LogP contribution in [0.4, 0.5) is 23.0 Å². The number of anilines is 4. The molecule has 4 heterocycles. The first kappa shape index (κ1) is 43.0. The Morgan fingerprint density at radius 3 is 1.65 bits per heavy atom. The van der Waals surface area contributed by atoms with Crippen LogP contribution in [0.1, 0.15) is 45.4 Å². The van der Waals surface area contributed by atoms with E-state index in [2.05, 4.69) is 35.3 Å². The van der Waals surface area contributed by atoms with Gasteiger partial charge in [-0.3, -0.25) is 9.59 Å². The number of ether oxygens (including phenoxy) is 2. The van der Waals surface area contributed by atoms with Gasteiger partial charge in [0.1, 0.15) is 0 Å². The van der Waals surface area contributed by atoms with E-state index < -0.39 is 43.3 Å². The van der Waals surface area contributed by atoms with Crippen molar-refractivity contribution in [2.45, 2.75) is 54.2 Å². The number of nitrogens with zero attached hydrogens (tertiary/aromatic N) is 4. The first-order chi connectivity index (χ1) is 30.0. The normalized spacial score (nSPS) is 16.9. The molecule has 7 N–H and O–H groups in total. The number of benzene rings is 4. The molecule has 63 heavy (non-hydrogen) atoms. The fourth-order valence-electron chi connectivity index (χ4n) is 7.04. The molecule has 2 atom stereocenters. The van der Waals surface area contributed by atoms with Gasteiger partial charge in [0.2, 0.25) is 10.0 Å². The fourth-order valence-corrected chi connectivity index (χ4v) is 9.86. The molecule has 0 saturated carbocycles. The van der Waals surface area contributed by atoms with E-state index in [-0.39, 0.29) is 57.9 Å². The van der Waals surface area contributed by atoms with Gasteiger partial charge in [0.05, 0.1) is 70.3 Å². The summed E-state index contributed by atoms with van der Waals surface area (Å²) in [6.07, 6.45) is 3.41. The summed E-state index contributed by atoms with van der Waals surface area (Å²) in [5.41, 5.74) is 16.3. The Kier molecular flexibility index (Phi) is 11.8. The van der Waals surface area contributed by atoms with Crippen molar-refractivity contribution in [2.24, 2.45) is 0 Å². The molecule has 0 bridgehead atoms. The highest BCUT2D eigenvalue weighted by Gasteiger charge is 2.38. The van der Waals surface area contributed by atoms with Crippen LogP contribution in [0, 0.1) is 6.92 Å². The van der Waals surface area contributed by atoms with Gasteiger partial charge in [0, 0.05) is 28.9 Å². The topological polar surface area (TPSA) is 261 Å². The number of nitrogens with one attached hydrogen (secondary N) is 3. The number of carbonyl (C=O) groups is 2. The predicted octanol–water partition coefficient (Wildman–Crippen LogP) is 4.82. The molecule has 0 radical (unpaired) electrons. The van der Waals surface area contributed by atoms with E-state index in [1.165, 1.54) is 60.9 Å². The summed E-state index contributed by atoms with van der Waals surface area (Å²) < 4.78 is 65.8. The molecule has 0 spiro atoms. The molecule has 2 fully saturated rings. The minimum atomic E-state index is -3.79. The molecule has 2 aliphatic heterocycles. The van der Waals surface area contributed by atoms with E-state index >= 15 is 0 Å². The highest BCUT2D eigenvalue weighted by Crippen LogP contribution is 2.29. The van der Waals surface area contributed by atoms with E-state index in [0.717, 1.165) is 16.7 Å². The summed E-state index contributed by atoms with van der Waals surface area (Å²) in [6, 6.07) is 26.6. The third kappa shape index (κ3) is 9.87. The molecule has 2 aromatic heterocycles. The van der Waals surface area contributed by atoms with Crippen molar-refractivity contribution >= 4 is 54.7 Å². The van der Waals surface area contributed by atoms with Crippen LogP contribution < -0.4 is 26.8 Å². The fraction of sp³-hybridized carbons (Fsp3) is 0.227. The number of sulfone groups is 1. The van der Waals surface area contributed by atoms with Crippen molar-refractivity contribution < 1.29 is 35.9 Å². The second-order valence-corrected chi connectivity index (χ2v) is 19.5. The lowest BCUT2D eigenvalue weighted by molar-refractivity contribution is -0.110.